The largest absolute Gasteiger partial charge is 0.345 e. The van der Waals surface area contributed by atoms with E-state index in [0.29, 0.717) is 17.5 Å². The van der Waals surface area contributed by atoms with E-state index in [-0.39, 0.29) is 17.0 Å². The molecule has 6 rings (SSSR count). The number of carbonyl (C=O) groups is 1. The van der Waals surface area contributed by atoms with Crippen LogP contribution < -0.4 is 11.1 Å². The summed E-state index contributed by atoms with van der Waals surface area (Å²) in [7, 11) is 1.89. The normalized spacial score (nSPS) is 35.9. The molecule has 5 nitrogen and oxygen atoms in total. The average Bonchev–Trinajstić information content (AvgIpc) is 3.12. The Kier molecular flexibility index (Phi) is 3.23. The quantitative estimate of drug-likeness (QED) is 0.888. The van der Waals surface area contributed by atoms with E-state index in [9.17, 15) is 4.79 Å². The van der Waals surface area contributed by atoms with Crippen molar-refractivity contribution in [1.29, 1.82) is 0 Å². The molecule has 1 amide bonds. The SMILES string of the molecule is Cn1nc(C(=O)NC23CC4CC(CC(N)(C4)C2)C3)cc1-c1cccs1. The zero-order valence-corrected chi connectivity index (χ0v) is 15.3. The maximum atomic E-state index is 12.9. The van der Waals surface area contributed by atoms with Crippen LogP contribution in [0.5, 0.6) is 0 Å². The second kappa shape index (κ2) is 5.17. The molecule has 25 heavy (non-hydrogen) atoms. The molecule has 132 valence electrons. The van der Waals surface area contributed by atoms with Crippen LogP contribution in [0.3, 0.4) is 0 Å². The number of aromatic nitrogens is 2. The second-order valence-electron chi connectivity index (χ2n) is 8.57. The Bertz CT molecular complexity index is 811. The van der Waals surface area contributed by atoms with Crippen LogP contribution in [0, 0.1) is 11.8 Å². The molecule has 2 aromatic rings. The first-order chi connectivity index (χ1) is 11.9. The van der Waals surface area contributed by atoms with Crippen LogP contribution in [0.15, 0.2) is 23.6 Å². The van der Waals surface area contributed by atoms with Crippen molar-refractivity contribution in [3.05, 3.63) is 29.3 Å². The third kappa shape index (κ3) is 2.54. The number of thiophene rings is 1. The number of rotatable bonds is 3. The minimum atomic E-state index is -0.115. The molecule has 2 unspecified atom stereocenters. The lowest BCUT2D eigenvalue weighted by Gasteiger charge is -2.61. The molecule has 4 saturated carbocycles. The zero-order chi connectivity index (χ0) is 17.2. The van der Waals surface area contributed by atoms with E-state index in [2.05, 4.69) is 16.5 Å². The summed E-state index contributed by atoms with van der Waals surface area (Å²) in [4.78, 5) is 14.1. The van der Waals surface area contributed by atoms with E-state index in [1.54, 1.807) is 16.0 Å². The molecular formula is C19H24N4OS. The molecule has 4 fully saturated rings. The number of amides is 1. The van der Waals surface area contributed by atoms with Gasteiger partial charge in [-0.2, -0.15) is 5.10 Å². The third-order valence-corrected chi connectivity index (χ3v) is 7.26. The monoisotopic (exact) mass is 356 g/mol. The molecule has 0 saturated heterocycles. The number of nitrogens with one attached hydrogen (secondary N) is 1. The van der Waals surface area contributed by atoms with Crippen LogP contribution >= 0.6 is 11.3 Å². The van der Waals surface area contributed by atoms with Crippen LogP contribution in [0.1, 0.15) is 49.0 Å². The smallest absolute Gasteiger partial charge is 0.272 e. The summed E-state index contributed by atoms with van der Waals surface area (Å²) in [5.74, 6) is 1.30. The first-order valence-corrected chi connectivity index (χ1v) is 10.0. The van der Waals surface area contributed by atoms with Gasteiger partial charge in [-0.05, 0) is 67.9 Å². The van der Waals surface area contributed by atoms with Crippen molar-refractivity contribution in [3.63, 3.8) is 0 Å². The number of hydrogen-bond donors (Lipinski definition) is 2. The molecule has 0 aromatic carbocycles. The Balaban J connectivity index is 1.40. The highest BCUT2D eigenvalue weighted by Crippen LogP contribution is 2.56. The van der Waals surface area contributed by atoms with Crippen LogP contribution in [0.25, 0.3) is 10.6 Å². The highest BCUT2D eigenvalue weighted by molar-refractivity contribution is 7.13. The van der Waals surface area contributed by atoms with Gasteiger partial charge in [-0.25, -0.2) is 0 Å². The molecule has 3 N–H and O–H groups in total. The lowest BCUT2D eigenvalue weighted by molar-refractivity contribution is -0.0321. The van der Waals surface area contributed by atoms with Gasteiger partial charge in [-0.1, -0.05) is 6.07 Å². The summed E-state index contributed by atoms with van der Waals surface area (Å²) in [6.07, 6.45) is 6.64. The van der Waals surface area contributed by atoms with Gasteiger partial charge in [0.1, 0.15) is 0 Å². The van der Waals surface area contributed by atoms with E-state index in [1.165, 1.54) is 6.42 Å². The average molecular weight is 356 g/mol. The number of hydrogen-bond acceptors (Lipinski definition) is 4. The van der Waals surface area contributed by atoms with Crippen molar-refractivity contribution in [2.24, 2.45) is 24.6 Å². The van der Waals surface area contributed by atoms with E-state index < -0.39 is 0 Å². The summed E-state index contributed by atoms with van der Waals surface area (Å²) < 4.78 is 1.80. The summed E-state index contributed by atoms with van der Waals surface area (Å²) in [6, 6.07) is 5.98. The van der Waals surface area contributed by atoms with Crippen LogP contribution in [-0.2, 0) is 7.05 Å². The Morgan fingerprint density at radius 1 is 1.36 bits per heavy atom. The predicted octanol–water partition coefficient (Wildman–Crippen LogP) is 2.93. The van der Waals surface area contributed by atoms with E-state index in [0.717, 1.165) is 42.7 Å². The molecule has 6 heteroatoms. The lowest BCUT2D eigenvalue weighted by Crippen LogP contribution is -2.68. The fourth-order valence-electron chi connectivity index (χ4n) is 6.02. The lowest BCUT2D eigenvalue weighted by atomic mass is 9.50. The molecule has 4 aliphatic rings. The highest BCUT2D eigenvalue weighted by atomic mass is 32.1. The van der Waals surface area contributed by atoms with Crippen molar-refractivity contribution in [2.45, 2.75) is 49.6 Å². The molecule has 0 radical (unpaired) electrons. The Morgan fingerprint density at radius 3 is 2.76 bits per heavy atom. The van der Waals surface area contributed by atoms with Gasteiger partial charge in [0.05, 0.1) is 10.6 Å². The topological polar surface area (TPSA) is 72.9 Å². The minimum absolute atomic E-state index is 0.0519. The van der Waals surface area contributed by atoms with Crippen LogP contribution in [0.2, 0.25) is 0 Å². The standard InChI is InChI=1S/C19H24N4OS/c1-23-15(16-3-2-4-25-16)6-14(22-23)17(24)21-19-9-12-5-13(10-19)8-18(20,7-12)11-19/h2-4,6,12-13H,5,7-11,20H2,1H3,(H,21,24). The number of nitrogens with two attached hydrogens (primary N) is 1. The highest BCUT2D eigenvalue weighted by Gasteiger charge is 2.56. The van der Waals surface area contributed by atoms with Crippen molar-refractivity contribution < 1.29 is 4.79 Å². The number of carbonyl (C=O) groups excluding carboxylic acids is 1. The molecule has 0 aliphatic heterocycles. The van der Waals surface area contributed by atoms with Gasteiger partial charge in [0.2, 0.25) is 0 Å². The first kappa shape index (κ1) is 15.6. The van der Waals surface area contributed by atoms with E-state index >= 15 is 0 Å². The Labute approximate surface area is 151 Å². The second-order valence-corrected chi connectivity index (χ2v) is 9.52. The van der Waals surface area contributed by atoms with E-state index in [1.807, 2.05) is 24.6 Å². The summed E-state index contributed by atoms with van der Waals surface area (Å²) in [5, 5.41) is 9.86. The zero-order valence-electron chi connectivity index (χ0n) is 14.5. The summed E-state index contributed by atoms with van der Waals surface area (Å²) in [6.45, 7) is 0. The van der Waals surface area contributed by atoms with Crippen molar-refractivity contribution in [3.8, 4) is 10.6 Å². The van der Waals surface area contributed by atoms with Gasteiger partial charge in [0.25, 0.3) is 5.91 Å². The first-order valence-electron chi connectivity index (χ1n) is 9.13. The number of aryl methyl sites for hydroxylation is 1. The summed E-state index contributed by atoms with van der Waals surface area (Å²) in [5.41, 5.74) is 7.96. The summed E-state index contributed by atoms with van der Waals surface area (Å²) >= 11 is 1.66. The maximum Gasteiger partial charge on any atom is 0.272 e. The van der Waals surface area contributed by atoms with Crippen LogP contribution in [0.4, 0.5) is 0 Å². The molecular weight excluding hydrogens is 332 g/mol. The fraction of sp³-hybridized carbons (Fsp3) is 0.579. The van der Waals surface area contributed by atoms with Crippen LogP contribution in [-0.4, -0.2) is 26.8 Å². The predicted molar refractivity (Wildman–Crippen MR) is 98.3 cm³/mol. The van der Waals surface area contributed by atoms with Gasteiger partial charge < -0.3 is 11.1 Å². The third-order valence-electron chi connectivity index (χ3n) is 6.37. The molecule has 0 spiro atoms. The van der Waals surface area contributed by atoms with Gasteiger partial charge >= 0.3 is 0 Å². The molecule has 2 heterocycles. The van der Waals surface area contributed by atoms with Gasteiger partial charge in [-0.15, -0.1) is 11.3 Å². The molecule has 2 atom stereocenters. The minimum Gasteiger partial charge on any atom is -0.345 e. The fourth-order valence-corrected chi connectivity index (χ4v) is 6.79. The number of nitrogens with zero attached hydrogens (tertiary/aromatic N) is 2. The molecule has 4 bridgehead atoms. The Hall–Kier alpha value is -1.66. The van der Waals surface area contributed by atoms with Crippen molar-refractivity contribution in [1.82, 2.24) is 15.1 Å². The van der Waals surface area contributed by atoms with Crippen molar-refractivity contribution >= 4 is 17.2 Å². The van der Waals surface area contributed by atoms with Gasteiger partial charge in [0.15, 0.2) is 5.69 Å². The van der Waals surface area contributed by atoms with Gasteiger partial charge in [0, 0.05) is 18.1 Å². The molecule has 4 aliphatic carbocycles. The van der Waals surface area contributed by atoms with Gasteiger partial charge in [-0.3, -0.25) is 9.48 Å². The maximum absolute atomic E-state index is 12.9. The van der Waals surface area contributed by atoms with Crippen molar-refractivity contribution in [2.75, 3.05) is 0 Å². The molecule has 2 aromatic heterocycles. The Morgan fingerprint density at radius 2 is 2.12 bits per heavy atom. The van der Waals surface area contributed by atoms with E-state index in [4.69, 9.17) is 5.73 Å².